The number of anilines is 1. The predicted octanol–water partition coefficient (Wildman–Crippen LogP) is 1.79. The van der Waals surface area contributed by atoms with Crippen molar-refractivity contribution in [2.24, 2.45) is 0 Å². The van der Waals surface area contributed by atoms with Crippen LogP contribution in [-0.2, 0) is 16.0 Å². The Balaban J connectivity index is 2.07. The lowest BCUT2D eigenvalue weighted by molar-refractivity contribution is -0.133. The molecule has 0 unspecified atom stereocenters. The fourth-order valence-corrected chi connectivity index (χ4v) is 2.87. The van der Waals surface area contributed by atoms with Crippen LogP contribution in [0.2, 0.25) is 0 Å². The van der Waals surface area contributed by atoms with Gasteiger partial charge in [-0.2, -0.15) is 0 Å². The second-order valence-electron chi connectivity index (χ2n) is 4.53. The minimum Gasteiger partial charge on any atom is -0.497 e. The van der Waals surface area contributed by atoms with Crippen molar-refractivity contribution in [3.05, 3.63) is 23.8 Å². The largest absolute Gasteiger partial charge is 0.497 e. The lowest BCUT2D eigenvalue weighted by atomic mass is 10.0. The van der Waals surface area contributed by atoms with Gasteiger partial charge in [-0.3, -0.25) is 9.59 Å². The van der Waals surface area contributed by atoms with Gasteiger partial charge in [0, 0.05) is 12.2 Å². The normalized spacial score (nSPS) is 13.8. The number of hydrogen-bond acceptors (Lipinski definition) is 4. The summed E-state index contributed by atoms with van der Waals surface area (Å²) in [7, 11) is 1.62. The van der Waals surface area contributed by atoms with E-state index in [9.17, 15) is 9.59 Å². The van der Waals surface area contributed by atoms with Gasteiger partial charge in [0.1, 0.15) is 5.75 Å². The Morgan fingerprint density at radius 1 is 1.40 bits per heavy atom. The standard InChI is InChI=1S/C14H17NO4S/c1-19-11-4-5-12-10(7-11)3-2-6-15(12)13(16)8-20-9-14(17)18/h4-5,7H,2-3,6,8-9H2,1H3,(H,17,18). The lowest BCUT2D eigenvalue weighted by Gasteiger charge is -2.29. The topological polar surface area (TPSA) is 66.8 Å². The minimum absolute atomic E-state index is 0.0395. The van der Waals surface area contributed by atoms with Crippen LogP contribution in [0.15, 0.2) is 18.2 Å². The number of thioether (sulfide) groups is 1. The van der Waals surface area contributed by atoms with Crippen molar-refractivity contribution in [2.45, 2.75) is 12.8 Å². The van der Waals surface area contributed by atoms with E-state index in [1.165, 1.54) is 0 Å². The summed E-state index contributed by atoms with van der Waals surface area (Å²) in [6.45, 7) is 0.686. The Labute approximate surface area is 121 Å². The highest BCUT2D eigenvalue weighted by Gasteiger charge is 2.22. The monoisotopic (exact) mass is 295 g/mol. The second-order valence-corrected chi connectivity index (χ2v) is 5.52. The molecule has 0 atom stereocenters. The first-order valence-electron chi connectivity index (χ1n) is 6.38. The number of methoxy groups -OCH3 is 1. The van der Waals surface area contributed by atoms with E-state index < -0.39 is 5.97 Å². The van der Waals surface area contributed by atoms with Gasteiger partial charge in [-0.05, 0) is 36.6 Å². The molecule has 1 aliphatic rings. The number of aliphatic carboxylic acids is 1. The molecule has 0 saturated heterocycles. The van der Waals surface area contributed by atoms with Gasteiger partial charge in [0.05, 0.1) is 18.6 Å². The number of ether oxygens (including phenoxy) is 1. The van der Waals surface area contributed by atoms with Crippen LogP contribution in [0.3, 0.4) is 0 Å². The molecule has 108 valence electrons. The molecular weight excluding hydrogens is 278 g/mol. The number of carboxylic acids is 1. The maximum atomic E-state index is 12.2. The van der Waals surface area contributed by atoms with Gasteiger partial charge in [0.2, 0.25) is 5.91 Å². The zero-order valence-electron chi connectivity index (χ0n) is 11.3. The van der Waals surface area contributed by atoms with Gasteiger partial charge < -0.3 is 14.7 Å². The van der Waals surface area contributed by atoms with E-state index in [2.05, 4.69) is 0 Å². The zero-order valence-corrected chi connectivity index (χ0v) is 12.1. The van der Waals surface area contributed by atoms with Crippen LogP contribution < -0.4 is 9.64 Å². The zero-order chi connectivity index (χ0) is 14.5. The highest BCUT2D eigenvalue weighted by atomic mass is 32.2. The summed E-state index contributed by atoms with van der Waals surface area (Å²) in [5.74, 6) is -0.000412. The van der Waals surface area contributed by atoms with Crippen molar-refractivity contribution in [1.82, 2.24) is 0 Å². The molecule has 1 aromatic rings. The molecule has 2 rings (SSSR count). The summed E-state index contributed by atoms with van der Waals surface area (Å²) in [5, 5.41) is 8.59. The molecule has 5 nitrogen and oxygen atoms in total. The van der Waals surface area contributed by atoms with Crippen LogP contribution in [0.5, 0.6) is 5.75 Å². The molecule has 0 aromatic heterocycles. The second kappa shape index (κ2) is 6.65. The number of aryl methyl sites for hydroxylation is 1. The molecule has 1 N–H and O–H groups in total. The highest BCUT2D eigenvalue weighted by molar-refractivity contribution is 8.00. The van der Waals surface area contributed by atoms with Crippen LogP contribution in [0.1, 0.15) is 12.0 Å². The third-order valence-electron chi connectivity index (χ3n) is 3.16. The molecule has 0 fully saturated rings. The van der Waals surface area contributed by atoms with Crippen molar-refractivity contribution < 1.29 is 19.4 Å². The number of amides is 1. The quantitative estimate of drug-likeness (QED) is 0.897. The molecule has 0 bridgehead atoms. The molecule has 1 amide bonds. The van der Waals surface area contributed by atoms with Crippen LogP contribution in [0.25, 0.3) is 0 Å². The van der Waals surface area contributed by atoms with Gasteiger partial charge in [-0.15, -0.1) is 11.8 Å². The third kappa shape index (κ3) is 3.45. The Morgan fingerprint density at radius 2 is 2.20 bits per heavy atom. The van der Waals surface area contributed by atoms with Gasteiger partial charge in [-0.1, -0.05) is 0 Å². The molecular formula is C14H17NO4S. The number of hydrogen-bond donors (Lipinski definition) is 1. The molecule has 1 aromatic carbocycles. The Hall–Kier alpha value is -1.69. The maximum absolute atomic E-state index is 12.2. The Morgan fingerprint density at radius 3 is 2.90 bits per heavy atom. The van der Waals surface area contributed by atoms with Crippen LogP contribution in [0, 0.1) is 0 Å². The average Bonchev–Trinajstić information content (AvgIpc) is 2.45. The fraction of sp³-hybridized carbons (Fsp3) is 0.429. The lowest BCUT2D eigenvalue weighted by Crippen LogP contribution is -2.36. The van der Waals surface area contributed by atoms with E-state index in [0.717, 1.165) is 41.6 Å². The number of carboxylic acid groups (broad SMARTS) is 1. The first kappa shape index (κ1) is 14.7. The van der Waals surface area contributed by atoms with E-state index in [0.29, 0.717) is 6.54 Å². The summed E-state index contributed by atoms with van der Waals surface area (Å²) < 4.78 is 5.19. The third-order valence-corrected chi connectivity index (χ3v) is 4.06. The van der Waals surface area contributed by atoms with Gasteiger partial charge in [-0.25, -0.2) is 0 Å². The van der Waals surface area contributed by atoms with Gasteiger partial charge >= 0.3 is 5.97 Å². The number of carbonyl (C=O) groups is 2. The number of carbonyl (C=O) groups excluding carboxylic acids is 1. The molecule has 0 saturated carbocycles. The smallest absolute Gasteiger partial charge is 0.313 e. The van der Waals surface area contributed by atoms with Crippen molar-refractivity contribution >= 4 is 29.3 Å². The van der Waals surface area contributed by atoms with Crippen LogP contribution in [-0.4, -0.2) is 42.1 Å². The number of fused-ring (bicyclic) bond motifs is 1. The summed E-state index contributed by atoms with van der Waals surface area (Å²) in [6, 6.07) is 5.70. The van der Waals surface area contributed by atoms with E-state index in [1.807, 2.05) is 18.2 Å². The number of benzene rings is 1. The molecule has 20 heavy (non-hydrogen) atoms. The van der Waals surface area contributed by atoms with Crippen molar-refractivity contribution in [2.75, 3.05) is 30.1 Å². The number of rotatable bonds is 5. The first-order valence-corrected chi connectivity index (χ1v) is 7.54. The van der Waals surface area contributed by atoms with Gasteiger partial charge in [0.25, 0.3) is 0 Å². The highest BCUT2D eigenvalue weighted by Crippen LogP contribution is 2.30. The van der Waals surface area contributed by atoms with Crippen LogP contribution in [0.4, 0.5) is 5.69 Å². The van der Waals surface area contributed by atoms with Crippen molar-refractivity contribution in [3.8, 4) is 5.75 Å². The van der Waals surface area contributed by atoms with Crippen molar-refractivity contribution in [1.29, 1.82) is 0 Å². The maximum Gasteiger partial charge on any atom is 0.313 e. The number of nitrogens with zero attached hydrogens (tertiary/aromatic N) is 1. The summed E-state index contributed by atoms with van der Waals surface area (Å²) >= 11 is 1.13. The summed E-state index contributed by atoms with van der Waals surface area (Å²) in [6.07, 6.45) is 1.84. The van der Waals surface area contributed by atoms with E-state index >= 15 is 0 Å². The van der Waals surface area contributed by atoms with E-state index in [4.69, 9.17) is 9.84 Å². The SMILES string of the molecule is COc1ccc2c(c1)CCCN2C(=O)CSCC(=O)O. The Kier molecular flexibility index (Phi) is 4.89. The minimum atomic E-state index is -0.897. The summed E-state index contributed by atoms with van der Waals surface area (Å²) in [4.78, 5) is 24.4. The molecule has 0 radical (unpaired) electrons. The molecule has 0 aliphatic carbocycles. The van der Waals surface area contributed by atoms with E-state index in [-0.39, 0.29) is 17.4 Å². The van der Waals surface area contributed by atoms with E-state index in [1.54, 1.807) is 12.0 Å². The van der Waals surface area contributed by atoms with Gasteiger partial charge in [0.15, 0.2) is 0 Å². The predicted molar refractivity (Wildman–Crippen MR) is 78.6 cm³/mol. The Bertz CT molecular complexity index is 518. The summed E-state index contributed by atoms with van der Waals surface area (Å²) in [5.41, 5.74) is 2.02. The molecule has 6 heteroatoms. The van der Waals surface area contributed by atoms with Crippen molar-refractivity contribution in [3.63, 3.8) is 0 Å². The van der Waals surface area contributed by atoms with Crippen LogP contribution >= 0.6 is 11.8 Å². The molecule has 1 aliphatic heterocycles. The molecule has 1 heterocycles. The molecule has 0 spiro atoms. The average molecular weight is 295 g/mol. The first-order chi connectivity index (χ1) is 9.61. The fourth-order valence-electron chi connectivity index (χ4n) is 2.26.